The Morgan fingerprint density at radius 2 is 1.79 bits per heavy atom. The molecule has 0 aliphatic heterocycles. The van der Waals surface area contributed by atoms with E-state index < -0.39 is 11.7 Å². The van der Waals surface area contributed by atoms with Crippen molar-refractivity contribution >= 4 is 38.6 Å². The van der Waals surface area contributed by atoms with Gasteiger partial charge in [0, 0.05) is 10.2 Å². The van der Waals surface area contributed by atoms with Crippen LogP contribution in [0.2, 0.25) is 5.15 Å². The molecule has 8 heteroatoms. The van der Waals surface area contributed by atoms with Gasteiger partial charge in [-0.15, -0.1) is 0 Å². The maximum absolute atomic E-state index is 12.9. The molecule has 0 saturated carbocycles. The van der Waals surface area contributed by atoms with Crippen LogP contribution < -0.4 is 0 Å². The van der Waals surface area contributed by atoms with Gasteiger partial charge in [-0.05, 0) is 60.5 Å². The van der Waals surface area contributed by atoms with E-state index in [1.165, 1.54) is 6.07 Å². The van der Waals surface area contributed by atoms with Gasteiger partial charge in [0.1, 0.15) is 16.6 Å². The third-order valence-corrected chi connectivity index (χ3v) is 4.85. The lowest BCUT2D eigenvalue weighted by Gasteiger charge is -2.13. The fourth-order valence-corrected chi connectivity index (χ4v) is 3.58. The number of benzene rings is 1. The first kappa shape index (κ1) is 17.2. The molecule has 1 aromatic carbocycles. The highest BCUT2D eigenvalue weighted by Gasteiger charge is 2.31. The molecule has 126 valence electrons. The fourth-order valence-electron chi connectivity index (χ4n) is 2.68. The number of nitrogens with zero attached hydrogens (tertiary/aromatic N) is 3. The van der Waals surface area contributed by atoms with E-state index in [2.05, 4.69) is 25.9 Å². The fraction of sp³-hybridized carbons (Fsp3) is 0.250. The van der Waals surface area contributed by atoms with Crippen molar-refractivity contribution in [3.8, 4) is 5.69 Å². The van der Waals surface area contributed by atoms with Crippen molar-refractivity contribution in [2.75, 3.05) is 0 Å². The average molecular weight is 419 g/mol. The van der Waals surface area contributed by atoms with Crippen molar-refractivity contribution in [3.63, 3.8) is 0 Å². The van der Waals surface area contributed by atoms with Crippen molar-refractivity contribution in [2.24, 2.45) is 0 Å². The van der Waals surface area contributed by atoms with Crippen LogP contribution in [0.25, 0.3) is 16.7 Å². The van der Waals surface area contributed by atoms with Crippen LogP contribution >= 0.6 is 27.5 Å². The summed E-state index contributed by atoms with van der Waals surface area (Å²) in [5.74, 6) is 0.495. The molecule has 2 aromatic heterocycles. The van der Waals surface area contributed by atoms with Gasteiger partial charge in [0.25, 0.3) is 0 Å². The molecule has 0 saturated heterocycles. The molecule has 0 aliphatic rings. The molecule has 0 bridgehead atoms. The van der Waals surface area contributed by atoms with Gasteiger partial charge in [0.15, 0.2) is 0 Å². The molecule has 0 radical (unpaired) electrons. The third-order valence-electron chi connectivity index (χ3n) is 3.94. The van der Waals surface area contributed by atoms with E-state index in [0.29, 0.717) is 32.2 Å². The highest BCUT2D eigenvalue weighted by molar-refractivity contribution is 9.10. The Hall–Kier alpha value is -1.60. The van der Waals surface area contributed by atoms with E-state index in [-0.39, 0.29) is 0 Å². The number of fused-ring (bicyclic) bond motifs is 1. The molecule has 0 unspecified atom stereocenters. The third kappa shape index (κ3) is 2.69. The summed E-state index contributed by atoms with van der Waals surface area (Å²) < 4.78 is 40.7. The van der Waals surface area contributed by atoms with Gasteiger partial charge in [0.2, 0.25) is 0 Å². The summed E-state index contributed by atoms with van der Waals surface area (Å²) in [5.41, 5.74) is 2.15. The first-order valence-electron chi connectivity index (χ1n) is 7.00. The molecule has 3 nitrogen and oxygen atoms in total. The minimum Gasteiger partial charge on any atom is -0.297 e. The lowest BCUT2D eigenvalue weighted by Crippen LogP contribution is -2.07. The van der Waals surface area contributed by atoms with E-state index >= 15 is 0 Å². The Labute approximate surface area is 149 Å². The molecule has 0 amide bonds. The van der Waals surface area contributed by atoms with Crippen LogP contribution in [0.1, 0.15) is 22.6 Å². The van der Waals surface area contributed by atoms with Crippen LogP contribution in [0.5, 0.6) is 0 Å². The van der Waals surface area contributed by atoms with Crippen LogP contribution in [-0.2, 0) is 6.18 Å². The monoisotopic (exact) mass is 417 g/mol. The standard InChI is InChI=1S/C16H12BrClF3N3/c1-7-8(2)24(15-13(7)14(18)22-9(3)23-15)12-5-4-10(6-11(12)17)16(19,20)21/h4-6H,1-3H3. The molecule has 0 N–H and O–H groups in total. The number of rotatable bonds is 1. The second kappa shape index (κ2) is 5.74. The Kier molecular flexibility index (Phi) is 4.12. The predicted octanol–water partition coefficient (Wildman–Crippen LogP) is 5.78. The van der Waals surface area contributed by atoms with Crippen molar-refractivity contribution in [2.45, 2.75) is 26.9 Å². The number of aryl methyl sites for hydroxylation is 2. The summed E-state index contributed by atoms with van der Waals surface area (Å²) in [7, 11) is 0. The molecule has 3 rings (SSSR count). The van der Waals surface area contributed by atoms with Crippen LogP contribution in [0.4, 0.5) is 13.2 Å². The van der Waals surface area contributed by atoms with Crippen LogP contribution in [0.15, 0.2) is 22.7 Å². The lowest BCUT2D eigenvalue weighted by atomic mass is 10.2. The van der Waals surface area contributed by atoms with Gasteiger partial charge in [-0.3, -0.25) is 4.57 Å². The summed E-state index contributed by atoms with van der Waals surface area (Å²) in [6.45, 7) is 5.47. The minimum absolute atomic E-state index is 0.324. The maximum Gasteiger partial charge on any atom is 0.416 e. The van der Waals surface area contributed by atoms with Crippen molar-refractivity contribution in [1.82, 2.24) is 14.5 Å². The second-order valence-corrected chi connectivity index (χ2v) is 6.68. The zero-order valence-electron chi connectivity index (χ0n) is 13.0. The largest absolute Gasteiger partial charge is 0.416 e. The molecular formula is C16H12BrClF3N3. The first-order valence-corrected chi connectivity index (χ1v) is 8.17. The van der Waals surface area contributed by atoms with Crippen LogP contribution in [0, 0.1) is 20.8 Å². The maximum atomic E-state index is 12.9. The molecule has 0 atom stereocenters. The van der Waals surface area contributed by atoms with Gasteiger partial charge >= 0.3 is 6.18 Å². The zero-order valence-corrected chi connectivity index (χ0v) is 15.3. The quantitative estimate of drug-likeness (QED) is 0.469. The van der Waals surface area contributed by atoms with E-state index in [4.69, 9.17) is 11.6 Å². The van der Waals surface area contributed by atoms with Crippen molar-refractivity contribution in [1.29, 1.82) is 0 Å². The van der Waals surface area contributed by atoms with Gasteiger partial charge < -0.3 is 0 Å². The molecule has 3 aromatic rings. The Morgan fingerprint density at radius 3 is 2.38 bits per heavy atom. The predicted molar refractivity (Wildman–Crippen MR) is 90.8 cm³/mol. The Morgan fingerprint density at radius 1 is 1.12 bits per heavy atom. The SMILES string of the molecule is Cc1nc(Cl)c2c(C)c(C)n(-c3ccc(C(F)(F)F)cc3Br)c2n1. The van der Waals surface area contributed by atoms with Gasteiger partial charge in [-0.1, -0.05) is 11.6 Å². The number of aromatic nitrogens is 3. The summed E-state index contributed by atoms with van der Waals surface area (Å²) in [5, 5.41) is 1.03. The first-order chi connectivity index (χ1) is 11.1. The number of alkyl halides is 3. The Bertz CT molecular complexity index is 964. The van der Waals surface area contributed by atoms with E-state index in [0.717, 1.165) is 23.4 Å². The van der Waals surface area contributed by atoms with Gasteiger partial charge in [0.05, 0.1) is 16.6 Å². The summed E-state index contributed by atoms with van der Waals surface area (Å²) in [4.78, 5) is 8.59. The summed E-state index contributed by atoms with van der Waals surface area (Å²) in [6.07, 6.45) is -4.40. The number of hydrogen-bond donors (Lipinski definition) is 0. The molecule has 0 aliphatic carbocycles. The molecule has 24 heavy (non-hydrogen) atoms. The van der Waals surface area contributed by atoms with Crippen molar-refractivity contribution in [3.05, 3.63) is 50.5 Å². The van der Waals surface area contributed by atoms with Gasteiger partial charge in [-0.25, -0.2) is 9.97 Å². The van der Waals surface area contributed by atoms with E-state index in [1.807, 2.05) is 13.8 Å². The van der Waals surface area contributed by atoms with Gasteiger partial charge in [-0.2, -0.15) is 13.2 Å². The van der Waals surface area contributed by atoms with E-state index in [9.17, 15) is 13.2 Å². The summed E-state index contributed by atoms with van der Waals surface area (Å²) >= 11 is 9.49. The molecule has 0 spiro atoms. The highest BCUT2D eigenvalue weighted by atomic mass is 79.9. The lowest BCUT2D eigenvalue weighted by molar-refractivity contribution is -0.137. The minimum atomic E-state index is -4.40. The number of hydrogen-bond acceptors (Lipinski definition) is 2. The smallest absolute Gasteiger partial charge is 0.297 e. The summed E-state index contributed by atoms with van der Waals surface area (Å²) in [6, 6.07) is 3.53. The highest BCUT2D eigenvalue weighted by Crippen LogP contribution is 2.37. The molecule has 2 heterocycles. The number of halogens is 5. The Balaban J connectivity index is 2.33. The topological polar surface area (TPSA) is 30.7 Å². The zero-order chi connectivity index (χ0) is 17.8. The molecule has 0 fully saturated rings. The van der Waals surface area contributed by atoms with E-state index in [1.54, 1.807) is 11.5 Å². The molecular weight excluding hydrogens is 407 g/mol. The second-order valence-electron chi connectivity index (χ2n) is 5.47. The van der Waals surface area contributed by atoms with Crippen molar-refractivity contribution < 1.29 is 13.2 Å². The normalized spacial score (nSPS) is 12.2. The van der Waals surface area contributed by atoms with Crippen LogP contribution in [0.3, 0.4) is 0 Å². The average Bonchev–Trinajstić information content (AvgIpc) is 2.70. The van der Waals surface area contributed by atoms with Crippen LogP contribution in [-0.4, -0.2) is 14.5 Å².